The Morgan fingerprint density at radius 2 is 1.94 bits per heavy atom. The van der Waals surface area contributed by atoms with Gasteiger partial charge in [-0.1, -0.05) is 35.1 Å². The first kappa shape index (κ1) is 24.5. The van der Waals surface area contributed by atoms with E-state index in [1.165, 1.54) is 11.3 Å². The van der Waals surface area contributed by atoms with E-state index >= 15 is 0 Å². The standard InChI is InChI=1S/C26H27ClN4O4S/c1-3-35-24(33)20-14-7-8-15(11-14)22(20)30-25(34)31-26-28-18-10-9-16(12-19(18)36-26)23(32)29-21-13(2)5-4-6-17(21)27/h4-6,9-10,12,14-15,20,22H,3,7-8,11H2,1-2H3,(H,29,32)(H2,28,30,31,34)/t14-,15?,20?,22?/m0/s1. The van der Waals surface area contributed by atoms with Crippen LogP contribution >= 0.6 is 22.9 Å². The number of halogens is 1. The number of fused-ring (bicyclic) bond motifs is 3. The second-order valence-corrected chi connectivity index (χ2v) is 10.8. The van der Waals surface area contributed by atoms with Crippen LogP contribution in [0.1, 0.15) is 42.1 Å². The fraction of sp³-hybridized carbons (Fsp3) is 0.385. The molecule has 3 N–H and O–H groups in total. The van der Waals surface area contributed by atoms with Gasteiger partial charge in [0.1, 0.15) is 0 Å². The van der Waals surface area contributed by atoms with Crippen LogP contribution in [0.5, 0.6) is 0 Å². The molecule has 2 saturated carbocycles. The first-order valence-electron chi connectivity index (χ1n) is 12.0. The van der Waals surface area contributed by atoms with Crippen molar-refractivity contribution in [3.05, 3.63) is 52.5 Å². The highest BCUT2D eigenvalue weighted by Crippen LogP contribution is 2.49. The lowest BCUT2D eigenvalue weighted by Gasteiger charge is -2.29. The van der Waals surface area contributed by atoms with Gasteiger partial charge in [-0.3, -0.25) is 14.9 Å². The molecule has 8 nitrogen and oxygen atoms in total. The average molecular weight is 527 g/mol. The third kappa shape index (κ3) is 4.77. The van der Waals surface area contributed by atoms with E-state index in [0.717, 1.165) is 29.5 Å². The molecule has 1 aromatic heterocycles. The fourth-order valence-electron chi connectivity index (χ4n) is 5.46. The van der Waals surface area contributed by atoms with Gasteiger partial charge in [-0.05, 0) is 74.8 Å². The average Bonchev–Trinajstić information content (AvgIpc) is 3.55. The number of nitrogens with one attached hydrogen (secondary N) is 3. The molecule has 0 spiro atoms. The highest BCUT2D eigenvalue weighted by molar-refractivity contribution is 7.22. The van der Waals surface area contributed by atoms with Gasteiger partial charge in [0, 0.05) is 11.6 Å². The zero-order valence-corrected chi connectivity index (χ0v) is 21.5. The summed E-state index contributed by atoms with van der Waals surface area (Å²) in [5.41, 5.74) is 2.58. The zero-order chi connectivity index (χ0) is 25.4. The van der Waals surface area contributed by atoms with Crippen molar-refractivity contribution in [3.8, 4) is 0 Å². The third-order valence-corrected chi connectivity index (χ3v) is 8.35. The van der Waals surface area contributed by atoms with Crippen molar-refractivity contribution in [2.45, 2.75) is 39.2 Å². The number of carbonyl (C=O) groups excluding carboxylic acids is 3. The van der Waals surface area contributed by atoms with Crippen LogP contribution in [0.2, 0.25) is 5.02 Å². The number of urea groups is 1. The van der Waals surface area contributed by atoms with Gasteiger partial charge in [-0.25, -0.2) is 9.78 Å². The molecule has 3 unspecified atom stereocenters. The SMILES string of the molecule is CCOC(=O)C1C(NC(=O)Nc2nc3ccc(C(=O)Nc4c(C)cccc4Cl)cc3s2)C2CC[C@H]1C2. The second-order valence-electron chi connectivity index (χ2n) is 9.32. The van der Waals surface area contributed by atoms with Crippen LogP contribution in [0, 0.1) is 24.7 Å². The Kier molecular flexibility index (Phi) is 6.85. The van der Waals surface area contributed by atoms with Gasteiger partial charge in [-0.15, -0.1) is 0 Å². The van der Waals surface area contributed by atoms with Crippen molar-refractivity contribution in [1.29, 1.82) is 0 Å². The van der Waals surface area contributed by atoms with Crippen LogP contribution in [0.15, 0.2) is 36.4 Å². The van der Waals surface area contributed by atoms with E-state index in [1.54, 1.807) is 31.2 Å². The summed E-state index contributed by atoms with van der Waals surface area (Å²) in [4.78, 5) is 42.6. The zero-order valence-electron chi connectivity index (χ0n) is 20.0. The van der Waals surface area contributed by atoms with Gasteiger partial charge >= 0.3 is 12.0 Å². The van der Waals surface area contributed by atoms with E-state index in [2.05, 4.69) is 20.9 Å². The summed E-state index contributed by atoms with van der Waals surface area (Å²) < 4.78 is 6.03. The van der Waals surface area contributed by atoms with Crippen LogP contribution in [-0.4, -0.2) is 35.5 Å². The van der Waals surface area contributed by atoms with Crippen LogP contribution in [0.4, 0.5) is 15.6 Å². The molecule has 1 heterocycles. The molecule has 2 bridgehead atoms. The Labute approximate surface area is 217 Å². The number of amides is 3. The van der Waals surface area contributed by atoms with E-state index in [4.69, 9.17) is 16.3 Å². The highest BCUT2D eigenvalue weighted by atomic mass is 35.5. The molecule has 0 aliphatic heterocycles. The molecule has 0 saturated heterocycles. The van der Waals surface area contributed by atoms with Crippen LogP contribution in [-0.2, 0) is 9.53 Å². The van der Waals surface area contributed by atoms with Crippen LogP contribution < -0.4 is 16.0 Å². The molecule has 36 heavy (non-hydrogen) atoms. The first-order valence-corrected chi connectivity index (χ1v) is 13.2. The Morgan fingerprint density at radius 3 is 2.72 bits per heavy atom. The summed E-state index contributed by atoms with van der Waals surface area (Å²) >= 11 is 7.51. The molecule has 2 aliphatic carbocycles. The van der Waals surface area contributed by atoms with E-state index in [1.807, 2.05) is 19.1 Å². The van der Waals surface area contributed by atoms with Crippen molar-refractivity contribution >= 4 is 61.9 Å². The molecule has 3 amide bonds. The molecule has 2 aromatic carbocycles. The number of hydrogen-bond donors (Lipinski definition) is 3. The number of esters is 1. The maximum Gasteiger partial charge on any atom is 0.321 e. The second kappa shape index (κ2) is 10.1. The van der Waals surface area contributed by atoms with Gasteiger partial charge < -0.3 is 15.4 Å². The summed E-state index contributed by atoms with van der Waals surface area (Å²) in [5.74, 6) is -0.260. The number of benzene rings is 2. The van der Waals surface area contributed by atoms with E-state index in [9.17, 15) is 14.4 Å². The number of nitrogens with zero attached hydrogens (tertiary/aromatic N) is 1. The number of aryl methyl sites for hydroxylation is 1. The topological polar surface area (TPSA) is 109 Å². The number of hydrogen-bond acceptors (Lipinski definition) is 6. The third-order valence-electron chi connectivity index (χ3n) is 7.10. The molecular formula is C26H27ClN4O4S. The van der Waals surface area contributed by atoms with Gasteiger partial charge in [0.15, 0.2) is 5.13 Å². The number of thiazole rings is 1. The highest BCUT2D eigenvalue weighted by Gasteiger charge is 2.52. The van der Waals surface area contributed by atoms with E-state index < -0.39 is 6.03 Å². The predicted octanol–water partition coefficient (Wildman–Crippen LogP) is 5.61. The minimum atomic E-state index is -0.395. The molecule has 2 aliphatic rings. The summed E-state index contributed by atoms with van der Waals surface area (Å²) in [5, 5.41) is 9.56. The number of rotatable bonds is 6. The van der Waals surface area contributed by atoms with Crippen molar-refractivity contribution < 1.29 is 19.1 Å². The number of aromatic nitrogens is 1. The molecular weight excluding hydrogens is 500 g/mol. The maximum atomic E-state index is 12.8. The molecule has 10 heteroatoms. The lowest BCUT2D eigenvalue weighted by atomic mass is 9.84. The summed E-state index contributed by atoms with van der Waals surface area (Å²) in [7, 11) is 0. The smallest absolute Gasteiger partial charge is 0.321 e. The molecule has 0 radical (unpaired) electrons. The van der Waals surface area contributed by atoms with Crippen molar-refractivity contribution in [3.63, 3.8) is 0 Å². The lowest BCUT2D eigenvalue weighted by molar-refractivity contribution is -0.150. The summed E-state index contributed by atoms with van der Waals surface area (Å²) in [6, 6.07) is 9.98. The largest absolute Gasteiger partial charge is 0.466 e. The number of anilines is 2. The van der Waals surface area contributed by atoms with Crippen molar-refractivity contribution in [2.75, 3.05) is 17.2 Å². The number of ether oxygens (including phenoxy) is 1. The number of para-hydroxylation sites is 1. The molecule has 5 rings (SSSR count). The summed E-state index contributed by atoms with van der Waals surface area (Å²) in [6.07, 6.45) is 2.94. The van der Waals surface area contributed by atoms with Gasteiger partial charge in [0.2, 0.25) is 0 Å². The normalized spacial score (nSPS) is 22.4. The number of carbonyl (C=O) groups is 3. The van der Waals surface area contributed by atoms with E-state index in [-0.39, 0.29) is 35.7 Å². The molecule has 3 aromatic rings. The van der Waals surface area contributed by atoms with Crippen LogP contribution in [0.25, 0.3) is 10.2 Å². The van der Waals surface area contributed by atoms with E-state index in [0.29, 0.717) is 33.5 Å². The Balaban J connectivity index is 1.27. The van der Waals surface area contributed by atoms with Gasteiger partial charge in [0.05, 0.1) is 33.5 Å². The molecule has 4 atom stereocenters. The summed E-state index contributed by atoms with van der Waals surface area (Å²) in [6.45, 7) is 4.00. The molecule has 188 valence electrons. The Morgan fingerprint density at radius 1 is 1.14 bits per heavy atom. The first-order chi connectivity index (χ1) is 17.3. The van der Waals surface area contributed by atoms with Crippen LogP contribution in [0.3, 0.4) is 0 Å². The quantitative estimate of drug-likeness (QED) is 0.362. The minimum Gasteiger partial charge on any atom is -0.466 e. The predicted molar refractivity (Wildman–Crippen MR) is 141 cm³/mol. The Bertz CT molecular complexity index is 1320. The lowest BCUT2D eigenvalue weighted by Crippen LogP contribution is -2.48. The van der Waals surface area contributed by atoms with Crippen molar-refractivity contribution in [1.82, 2.24) is 10.3 Å². The van der Waals surface area contributed by atoms with Gasteiger partial charge in [-0.2, -0.15) is 0 Å². The maximum absolute atomic E-state index is 12.8. The fourth-order valence-corrected chi connectivity index (χ4v) is 6.63. The van der Waals surface area contributed by atoms with Crippen molar-refractivity contribution in [2.24, 2.45) is 17.8 Å². The molecule has 2 fully saturated rings. The minimum absolute atomic E-state index is 0.229. The van der Waals surface area contributed by atoms with Gasteiger partial charge in [0.25, 0.3) is 5.91 Å². The Hall–Kier alpha value is -3.17. The monoisotopic (exact) mass is 526 g/mol.